The first-order valence-electron chi connectivity index (χ1n) is 8.16. The number of aldehydes is 1. The van der Waals surface area contributed by atoms with E-state index in [4.69, 9.17) is 0 Å². The predicted molar refractivity (Wildman–Crippen MR) is 96.1 cm³/mol. The molecule has 1 aliphatic rings. The molecule has 3 heteroatoms. The van der Waals surface area contributed by atoms with E-state index in [0.29, 0.717) is 0 Å². The largest absolute Gasteiger partial charge is 0.317 e. The van der Waals surface area contributed by atoms with Crippen molar-refractivity contribution in [1.82, 2.24) is 5.32 Å². The Hall–Kier alpha value is -0.670. The van der Waals surface area contributed by atoms with Crippen molar-refractivity contribution in [3.05, 3.63) is 33.8 Å². The Morgan fingerprint density at radius 1 is 1.24 bits per heavy atom. The monoisotopic (exact) mass is 355 g/mol. The molecule has 0 bridgehead atoms. The molecule has 0 radical (unpaired) electrons. The van der Waals surface area contributed by atoms with Gasteiger partial charge in [-0.2, -0.15) is 0 Å². The molecule has 1 fully saturated rings. The fraction of sp³-hybridized carbons (Fsp3) is 0.611. The lowest BCUT2D eigenvalue weighted by Gasteiger charge is -2.20. The highest BCUT2D eigenvalue weighted by atomic mass is 79.9. The van der Waals surface area contributed by atoms with Gasteiger partial charge in [0.1, 0.15) is 6.29 Å². The summed E-state index contributed by atoms with van der Waals surface area (Å²) in [6.45, 7) is 10.8. The molecule has 0 aromatic heterocycles. The van der Waals surface area contributed by atoms with Gasteiger partial charge in [-0.1, -0.05) is 62.2 Å². The summed E-state index contributed by atoms with van der Waals surface area (Å²) in [5.74, 6) is 1.02. The molecule has 1 heterocycles. The molecule has 0 saturated carbocycles. The molecule has 1 saturated heterocycles. The zero-order valence-corrected chi connectivity index (χ0v) is 15.5. The quantitative estimate of drug-likeness (QED) is 0.750. The molecule has 0 spiro atoms. The van der Waals surface area contributed by atoms with Crippen LogP contribution in [-0.2, 0) is 6.42 Å². The second-order valence-electron chi connectivity index (χ2n) is 4.88. The highest BCUT2D eigenvalue weighted by Crippen LogP contribution is 2.19. The van der Waals surface area contributed by atoms with Gasteiger partial charge < -0.3 is 5.32 Å². The lowest BCUT2D eigenvalue weighted by atomic mass is 9.96. The normalized spacial score (nSPS) is 14.3. The third-order valence-corrected chi connectivity index (χ3v) is 4.41. The molecule has 120 valence electrons. The van der Waals surface area contributed by atoms with E-state index in [9.17, 15) is 4.79 Å². The third kappa shape index (κ3) is 7.77. The van der Waals surface area contributed by atoms with Crippen molar-refractivity contribution in [2.24, 2.45) is 5.92 Å². The van der Waals surface area contributed by atoms with E-state index < -0.39 is 0 Å². The van der Waals surface area contributed by atoms with Crippen molar-refractivity contribution in [1.29, 1.82) is 0 Å². The second kappa shape index (κ2) is 13.0. The predicted octanol–water partition coefficient (Wildman–Crippen LogP) is 5.25. The number of hydrogen-bond donors (Lipinski definition) is 1. The van der Waals surface area contributed by atoms with Gasteiger partial charge in [0.2, 0.25) is 0 Å². The van der Waals surface area contributed by atoms with Crippen molar-refractivity contribution in [3.63, 3.8) is 0 Å². The van der Waals surface area contributed by atoms with Crippen LogP contribution < -0.4 is 5.32 Å². The smallest absolute Gasteiger partial charge is 0.150 e. The first kappa shape index (κ1) is 20.3. The number of carbonyl (C=O) groups is 1. The molecule has 1 aromatic rings. The van der Waals surface area contributed by atoms with Gasteiger partial charge >= 0.3 is 0 Å². The van der Waals surface area contributed by atoms with Crippen LogP contribution in [0.15, 0.2) is 22.7 Å². The Kier molecular flexibility index (Phi) is 12.6. The van der Waals surface area contributed by atoms with Crippen LogP contribution in [0.5, 0.6) is 0 Å². The first-order valence-corrected chi connectivity index (χ1v) is 8.95. The van der Waals surface area contributed by atoms with Gasteiger partial charge in [0.05, 0.1) is 0 Å². The van der Waals surface area contributed by atoms with Crippen LogP contribution >= 0.6 is 15.9 Å². The van der Waals surface area contributed by atoms with E-state index in [2.05, 4.69) is 28.2 Å². The van der Waals surface area contributed by atoms with Crippen molar-refractivity contribution >= 4 is 22.2 Å². The van der Waals surface area contributed by atoms with Gasteiger partial charge in [0.15, 0.2) is 0 Å². The van der Waals surface area contributed by atoms with Gasteiger partial charge in [-0.25, -0.2) is 0 Å². The van der Waals surface area contributed by atoms with Crippen molar-refractivity contribution in [2.75, 3.05) is 13.1 Å². The number of hydrogen-bond acceptors (Lipinski definition) is 2. The SMILES string of the molecule is CC.CCC1CCNCC1.CCc1c(Br)cccc1C=O. The van der Waals surface area contributed by atoms with Crippen LogP contribution in [0.4, 0.5) is 0 Å². The Bertz CT molecular complexity index is 387. The summed E-state index contributed by atoms with van der Waals surface area (Å²) >= 11 is 3.39. The summed E-state index contributed by atoms with van der Waals surface area (Å²) in [6, 6.07) is 5.65. The van der Waals surface area contributed by atoms with Crippen molar-refractivity contribution < 1.29 is 4.79 Å². The Morgan fingerprint density at radius 2 is 1.86 bits per heavy atom. The number of carbonyl (C=O) groups excluding carboxylic acids is 1. The molecule has 0 aliphatic carbocycles. The average molecular weight is 356 g/mol. The Labute approximate surface area is 138 Å². The van der Waals surface area contributed by atoms with Crippen LogP contribution in [0, 0.1) is 5.92 Å². The van der Waals surface area contributed by atoms with E-state index in [-0.39, 0.29) is 0 Å². The summed E-state index contributed by atoms with van der Waals surface area (Å²) in [6.07, 6.45) is 5.95. The summed E-state index contributed by atoms with van der Waals surface area (Å²) in [7, 11) is 0. The molecular formula is C18H30BrNO. The van der Waals surface area contributed by atoms with Crippen LogP contribution in [0.3, 0.4) is 0 Å². The molecule has 2 rings (SSSR count). The molecule has 21 heavy (non-hydrogen) atoms. The van der Waals surface area contributed by atoms with Gasteiger partial charge in [0.25, 0.3) is 0 Å². The topological polar surface area (TPSA) is 29.1 Å². The standard InChI is InChI=1S/C9H9BrO.C7H15N.C2H6/c1-2-8-7(6-11)4-3-5-9(8)10;1-2-7-3-5-8-6-4-7;1-2/h3-6H,2H2,1H3;7-8H,2-6H2,1H3;1-2H3. The summed E-state index contributed by atoms with van der Waals surface area (Å²) in [4.78, 5) is 10.5. The number of benzene rings is 1. The molecule has 0 unspecified atom stereocenters. The fourth-order valence-electron chi connectivity index (χ4n) is 2.35. The molecule has 1 aliphatic heterocycles. The van der Waals surface area contributed by atoms with Crippen LogP contribution in [-0.4, -0.2) is 19.4 Å². The summed E-state index contributed by atoms with van der Waals surface area (Å²) in [5.41, 5.74) is 1.87. The van der Waals surface area contributed by atoms with E-state index in [1.807, 2.05) is 39.0 Å². The van der Waals surface area contributed by atoms with Gasteiger partial charge in [0, 0.05) is 10.0 Å². The lowest BCUT2D eigenvalue weighted by Crippen LogP contribution is -2.27. The average Bonchev–Trinajstić information content (AvgIpc) is 2.57. The molecule has 2 nitrogen and oxygen atoms in total. The zero-order chi connectivity index (χ0) is 16.1. The molecule has 1 aromatic carbocycles. The molecule has 0 atom stereocenters. The van der Waals surface area contributed by atoms with Crippen molar-refractivity contribution in [2.45, 2.75) is 53.4 Å². The molecule has 1 N–H and O–H groups in total. The van der Waals surface area contributed by atoms with Crippen LogP contribution in [0.1, 0.15) is 62.9 Å². The molecular weight excluding hydrogens is 326 g/mol. The van der Waals surface area contributed by atoms with Crippen LogP contribution in [0.25, 0.3) is 0 Å². The van der Waals surface area contributed by atoms with E-state index in [1.165, 1.54) is 32.4 Å². The number of nitrogens with one attached hydrogen (secondary N) is 1. The third-order valence-electron chi connectivity index (χ3n) is 3.67. The number of halogens is 1. The van der Waals surface area contributed by atoms with Crippen molar-refractivity contribution in [3.8, 4) is 0 Å². The number of rotatable bonds is 3. The van der Waals surface area contributed by atoms with Gasteiger partial charge in [-0.15, -0.1) is 0 Å². The fourth-order valence-corrected chi connectivity index (χ4v) is 3.01. The molecule has 0 amide bonds. The van der Waals surface area contributed by atoms with Gasteiger partial charge in [-0.05, 0) is 49.9 Å². The lowest BCUT2D eigenvalue weighted by molar-refractivity contribution is 0.112. The highest BCUT2D eigenvalue weighted by molar-refractivity contribution is 9.10. The zero-order valence-electron chi connectivity index (χ0n) is 13.9. The minimum absolute atomic E-state index is 0.780. The van der Waals surface area contributed by atoms with Crippen LogP contribution in [0.2, 0.25) is 0 Å². The Balaban J connectivity index is 0.000000354. The second-order valence-corrected chi connectivity index (χ2v) is 5.73. The maximum atomic E-state index is 10.5. The first-order chi connectivity index (χ1) is 10.2. The minimum Gasteiger partial charge on any atom is -0.317 e. The summed E-state index contributed by atoms with van der Waals surface area (Å²) in [5, 5.41) is 3.35. The van der Waals surface area contributed by atoms with E-state index >= 15 is 0 Å². The highest BCUT2D eigenvalue weighted by Gasteiger charge is 2.08. The van der Waals surface area contributed by atoms with E-state index in [0.717, 1.165) is 34.2 Å². The maximum absolute atomic E-state index is 10.5. The summed E-state index contributed by atoms with van der Waals surface area (Å²) < 4.78 is 1.02. The Morgan fingerprint density at radius 3 is 2.24 bits per heavy atom. The van der Waals surface area contributed by atoms with E-state index in [1.54, 1.807) is 0 Å². The van der Waals surface area contributed by atoms with Gasteiger partial charge in [-0.3, -0.25) is 4.79 Å². The maximum Gasteiger partial charge on any atom is 0.150 e. The minimum atomic E-state index is 0.780. The number of piperidine rings is 1.